The van der Waals surface area contributed by atoms with Crippen molar-refractivity contribution in [2.24, 2.45) is 0 Å². The molecule has 1 aromatic carbocycles. The molecule has 0 unspecified atom stereocenters. The molecule has 2 rings (SSSR count). The molecule has 3 nitrogen and oxygen atoms in total. The summed E-state index contributed by atoms with van der Waals surface area (Å²) in [5.74, 6) is -0.257. The molecule has 78 valence electrons. The van der Waals surface area contributed by atoms with Gasteiger partial charge in [-0.3, -0.25) is 14.5 Å². The number of benzene rings is 1. The Labute approximate surface area is 96.2 Å². The first-order valence-electron chi connectivity index (χ1n) is 4.79. The minimum Gasteiger partial charge on any atom is -0.279 e. The number of nitrogens with zero attached hydrogens (tertiary/aromatic N) is 1. The van der Waals surface area contributed by atoms with E-state index < -0.39 is 0 Å². The summed E-state index contributed by atoms with van der Waals surface area (Å²) in [6, 6.07) is 7.04. The average Bonchev–Trinajstić information content (AvgIpc) is 2.65. The van der Waals surface area contributed by atoms with Crippen LogP contribution in [0.5, 0.6) is 0 Å². The highest BCUT2D eigenvalue weighted by molar-refractivity contribution is 9.10. The molecule has 4 heteroatoms. The van der Waals surface area contributed by atoms with Crippen molar-refractivity contribution in [3.63, 3.8) is 0 Å². The molecule has 1 aliphatic rings. The summed E-state index contributed by atoms with van der Waals surface area (Å²) in [5.41, 5.74) is 0.563. The smallest absolute Gasteiger partial charge is 0.260 e. The van der Waals surface area contributed by atoms with E-state index in [1.54, 1.807) is 24.3 Å². The Hall–Kier alpha value is -1.16. The molecule has 1 saturated heterocycles. The summed E-state index contributed by atoms with van der Waals surface area (Å²) < 4.78 is 0.923. The van der Waals surface area contributed by atoms with Crippen LogP contribution >= 0.6 is 15.9 Å². The summed E-state index contributed by atoms with van der Waals surface area (Å²) in [5, 5.41) is 0. The van der Waals surface area contributed by atoms with E-state index >= 15 is 0 Å². The topological polar surface area (TPSA) is 37.4 Å². The third-order valence-electron chi connectivity index (χ3n) is 2.41. The van der Waals surface area contributed by atoms with Crippen LogP contribution < -0.4 is 0 Å². The van der Waals surface area contributed by atoms with Crippen molar-refractivity contribution in [1.29, 1.82) is 0 Å². The van der Waals surface area contributed by atoms with E-state index in [1.807, 2.05) is 0 Å². The van der Waals surface area contributed by atoms with Crippen molar-refractivity contribution in [3.8, 4) is 0 Å². The van der Waals surface area contributed by atoms with E-state index in [1.165, 1.54) is 4.90 Å². The number of carbonyl (C=O) groups excluding carboxylic acids is 2. The number of likely N-dealkylation sites (tertiary alicyclic amines) is 1. The van der Waals surface area contributed by atoms with E-state index in [4.69, 9.17) is 0 Å². The van der Waals surface area contributed by atoms with Gasteiger partial charge in [-0.25, -0.2) is 0 Å². The lowest BCUT2D eigenvalue weighted by Crippen LogP contribution is -2.31. The fraction of sp³-hybridized carbons (Fsp3) is 0.273. The Bertz CT molecular complexity index is 400. The molecule has 0 N–H and O–H groups in total. The second kappa shape index (κ2) is 4.14. The van der Waals surface area contributed by atoms with Crippen LogP contribution in [-0.2, 0) is 4.79 Å². The van der Waals surface area contributed by atoms with Crippen molar-refractivity contribution in [3.05, 3.63) is 34.3 Å². The third kappa shape index (κ3) is 2.09. The number of hydrogen-bond acceptors (Lipinski definition) is 2. The molecule has 15 heavy (non-hydrogen) atoms. The van der Waals surface area contributed by atoms with E-state index in [0.29, 0.717) is 18.5 Å². The normalized spacial score (nSPS) is 15.8. The molecular formula is C11H10BrNO2. The van der Waals surface area contributed by atoms with Crippen LogP contribution in [0.2, 0.25) is 0 Å². The van der Waals surface area contributed by atoms with Gasteiger partial charge in [-0.1, -0.05) is 15.9 Å². The standard InChI is InChI=1S/C11H10BrNO2/c12-9-5-3-8(4-6-9)11(15)13-7-1-2-10(13)14/h3-6H,1-2,7H2. The quantitative estimate of drug-likeness (QED) is 0.732. The highest BCUT2D eigenvalue weighted by atomic mass is 79.9. The van der Waals surface area contributed by atoms with Gasteiger partial charge in [0.1, 0.15) is 0 Å². The zero-order valence-electron chi connectivity index (χ0n) is 8.07. The zero-order chi connectivity index (χ0) is 10.8. The Balaban J connectivity index is 2.20. The number of imide groups is 1. The number of amides is 2. The van der Waals surface area contributed by atoms with Crippen molar-refractivity contribution < 1.29 is 9.59 Å². The third-order valence-corrected chi connectivity index (χ3v) is 2.94. The molecule has 0 spiro atoms. The molecule has 1 fully saturated rings. The summed E-state index contributed by atoms with van der Waals surface area (Å²) in [6.07, 6.45) is 1.27. The SMILES string of the molecule is O=C1CCCN1C(=O)c1ccc(Br)cc1. The van der Waals surface area contributed by atoms with Crippen molar-refractivity contribution >= 4 is 27.7 Å². The summed E-state index contributed by atoms with van der Waals surface area (Å²) in [7, 11) is 0. The largest absolute Gasteiger partial charge is 0.279 e. The Morgan fingerprint density at radius 2 is 1.93 bits per heavy atom. The minimum atomic E-state index is -0.190. The molecule has 0 aliphatic carbocycles. The Morgan fingerprint density at radius 1 is 1.27 bits per heavy atom. The van der Waals surface area contributed by atoms with Gasteiger partial charge in [0, 0.05) is 23.0 Å². The first-order valence-corrected chi connectivity index (χ1v) is 5.58. The van der Waals surface area contributed by atoms with Crippen molar-refractivity contribution in [2.75, 3.05) is 6.54 Å². The van der Waals surface area contributed by atoms with Gasteiger partial charge in [-0.15, -0.1) is 0 Å². The van der Waals surface area contributed by atoms with Crippen LogP contribution in [0.1, 0.15) is 23.2 Å². The van der Waals surface area contributed by atoms with E-state index in [-0.39, 0.29) is 11.8 Å². The second-order valence-electron chi connectivity index (χ2n) is 3.46. The first kappa shape index (κ1) is 10.4. The number of rotatable bonds is 1. The lowest BCUT2D eigenvalue weighted by molar-refractivity contribution is -0.125. The van der Waals surface area contributed by atoms with Crippen LogP contribution in [0.15, 0.2) is 28.7 Å². The van der Waals surface area contributed by atoms with Gasteiger partial charge < -0.3 is 0 Å². The van der Waals surface area contributed by atoms with Gasteiger partial charge >= 0.3 is 0 Å². The zero-order valence-corrected chi connectivity index (χ0v) is 9.66. The minimum absolute atomic E-state index is 0.0667. The molecule has 0 aromatic heterocycles. The van der Waals surface area contributed by atoms with Gasteiger partial charge in [-0.05, 0) is 30.7 Å². The van der Waals surface area contributed by atoms with E-state index in [0.717, 1.165) is 10.9 Å². The van der Waals surface area contributed by atoms with E-state index in [9.17, 15) is 9.59 Å². The maximum Gasteiger partial charge on any atom is 0.260 e. The Morgan fingerprint density at radius 3 is 2.47 bits per heavy atom. The highest BCUT2D eigenvalue weighted by Crippen LogP contribution is 2.16. The molecular weight excluding hydrogens is 258 g/mol. The van der Waals surface area contributed by atoms with Gasteiger partial charge in [0.25, 0.3) is 5.91 Å². The van der Waals surface area contributed by atoms with Gasteiger partial charge in [0.15, 0.2) is 0 Å². The highest BCUT2D eigenvalue weighted by Gasteiger charge is 2.26. The van der Waals surface area contributed by atoms with Crippen molar-refractivity contribution in [1.82, 2.24) is 4.90 Å². The predicted octanol–water partition coefficient (Wildman–Crippen LogP) is 2.21. The van der Waals surface area contributed by atoms with Crippen molar-refractivity contribution in [2.45, 2.75) is 12.8 Å². The molecule has 1 aromatic rings. The van der Waals surface area contributed by atoms with Gasteiger partial charge in [-0.2, -0.15) is 0 Å². The number of carbonyl (C=O) groups is 2. The van der Waals surface area contributed by atoms with Crippen LogP contribution in [-0.4, -0.2) is 23.3 Å². The summed E-state index contributed by atoms with van der Waals surface area (Å²) >= 11 is 3.30. The molecule has 2 amide bonds. The Kier molecular flexibility index (Phi) is 2.86. The molecule has 0 saturated carbocycles. The van der Waals surface area contributed by atoms with Crippen LogP contribution in [0, 0.1) is 0 Å². The molecule has 0 radical (unpaired) electrons. The lowest BCUT2D eigenvalue weighted by atomic mass is 10.2. The second-order valence-corrected chi connectivity index (χ2v) is 4.38. The first-order chi connectivity index (χ1) is 7.18. The number of halogens is 1. The fourth-order valence-corrected chi connectivity index (χ4v) is 1.88. The maximum absolute atomic E-state index is 11.9. The molecule has 1 aliphatic heterocycles. The predicted molar refractivity (Wildman–Crippen MR) is 59.4 cm³/mol. The number of hydrogen-bond donors (Lipinski definition) is 0. The summed E-state index contributed by atoms with van der Waals surface area (Å²) in [6.45, 7) is 0.549. The van der Waals surface area contributed by atoms with Gasteiger partial charge in [0.2, 0.25) is 5.91 Å². The lowest BCUT2D eigenvalue weighted by Gasteiger charge is -2.13. The average molecular weight is 268 g/mol. The maximum atomic E-state index is 11.9. The van der Waals surface area contributed by atoms with Crippen LogP contribution in [0.25, 0.3) is 0 Å². The molecule has 0 bridgehead atoms. The van der Waals surface area contributed by atoms with Crippen LogP contribution in [0.3, 0.4) is 0 Å². The summed E-state index contributed by atoms with van der Waals surface area (Å²) in [4.78, 5) is 24.5. The van der Waals surface area contributed by atoms with E-state index in [2.05, 4.69) is 15.9 Å². The van der Waals surface area contributed by atoms with Crippen LogP contribution in [0.4, 0.5) is 0 Å². The molecule has 1 heterocycles. The molecule has 0 atom stereocenters. The van der Waals surface area contributed by atoms with Gasteiger partial charge in [0.05, 0.1) is 0 Å². The fourth-order valence-electron chi connectivity index (χ4n) is 1.61. The monoisotopic (exact) mass is 267 g/mol.